The number of pyridine rings is 1. The predicted octanol–water partition coefficient (Wildman–Crippen LogP) is 3.45. The first-order chi connectivity index (χ1) is 9.58. The largest absolute Gasteiger partial charge is 0.368 e. The molecule has 6 heteroatoms. The molecule has 20 heavy (non-hydrogen) atoms. The first-order valence-electron chi connectivity index (χ1n) is 6.94. The molecule has 1 aliphatic rings. The lowest BCUT2D eigenvalue weighted by Gasteiger charge is -2.23. The van der Waals surface area contributed by atoms with E-state index in [0.29, 0.717) is 11.7 Å². The number of hydrogen-bond acceptors (Lipinski definition) is 3. The van der Waals surface area contributed by atoms with Crippen LogP contribution in [-0.4, -0.2) is 16.9 Å². The zero-order chi connectivity index (χ0) is 14.5. The van der Waals surface area contributed by atoms with Gasteiger partial charge in [-0.05, 0) is 50.8 Å². The number of aromatic nitrogens is 1. The molecule has 1 aromatic rings. The third-order valence-corrected chi connectivity index (χ3v) is 4.72. The predicted molar refractivity (Wildman–Crippen MR) is 86.2 cm³/mol. The van der Waals surface area contributed by atoms with E-state index in [4.69, 9.17) is 5.73 Å². The van der Waals surface area contributed by atoms with Crippen molar-refractivity contribution < 1.29 is 4.79 Å². The summed E-state index contributed by atoms with van der Waals surface area (Å²) in [7, 11) is 0. The highest BCUT2D eigenvalue weighted by Gasteiger charge is 2.25. The molecular weight excluding hydrogens is 386 g/mol. The molecule has 0 aliphatic heterocycles. The topological polar surface area (TPSA) is 68.0 Å². The highest BCUT2D eigenvalue weighted by molar-refractivity contribution is 9.11. The fourth-order valence-electron chi connectivity index (χ4n) is 2.62. The van der Waals surface area contributed by atoms with E-state index in [-0.39, 0.29) is 5.91 Å². The first-order valence-corrected chi connectivity index (χ1v) is 8.53. The summed E-state index contributed by atoms with van der Waals surface area (Å²) in [4.78, 5) is 16.1. The minimum absolute atomic E-state index is 0.340. The van der Waals surface area contributed by atoms with Gasteiger partial charge in [0, 0.05) is 21.2 Å². The summed E-state index contributed by atoms with van der Waals surface area (Å²) in [5.74, 6) is -0.384. The van der Waals surface area contributed by atoms with Crippen LogP contribution in [0.5, 0.6) is 0 Å². The molecule has 2 rings (SSSR count). The normalized spacial score (nSPS) is 18.5. The zero-order valence-electron chi connectivity index (χ0n) is 11.2. The standard InChI is InChI=1S/C14H19Br2N3O/c15-9-7-11(16)12(18-8-9)13(14(17)20)19-10-5-3-1-2-4-6-10/h7-8,10,13,19H,1-6H2,(H2,17,20). The first kappa shape index (κ1) is 15.9. The molecule has 1 unspecified atom stereocenters. The minimum Gasteiger partial charge on any atom is -0.368 e. The van der Waals surface area contributed by atoms with E-state index >= 15 is 0 Å². The number of carbonyl (C=O) groups excluding carboxylic acids is 1. The highest BCUT2D eigenvalue weighted by Crippen LogP contribution is 2.26. The molecule has 0 aromatic carbocycles. The quantitative estimate of drug-likeness (QED) is 0.755. The Balaban J connectivity index is 2.15. The molecule has 4 nitrogen and oxygen atoms in total. The molecule has 3 N–H and O–H groups in total. The zero-order valence-corrected chi connectivity index (χ0v) is 14.4. The van der Waals surface area contributed by atoms with Crippen molar-refractivity contribution in [3.05, 3.63) is 26.9 Å². The summed E-state index contributed by atoms with van der Waals surface area (Å²) in [6.07, 6.45) is 8.84. The van der Waals surface area contributed by atoms with Gasteiger partial charge in [0.1, 0.15) is 6.04 Å². The fourth-order valence-corrected chi connectivity index (χ4v) is 3.83. The molecule has 1 atom stereocenters. The van der Waals surface area contributed by atoms with Gasteiger partial charge < -0.3 is 5.73 Å². The van der Waals surface area contributed by atoms with Gasteiger partial charge in [0.15, 0.2) is 0 Å². The van der Waals surface area contributed by atoms with Gasteiger partial charge in [-0.3, -0.25) is 15.1 Å². The molecular formula is C14H19Br2N3O. The smallest absolute Gasteiger partial charge is 0.240 e. The molecule has 0 spiro atoms. The van der Waals surface area contributed by atoms with Gasteiger partial charge >= 0.3 is 0 Å². The minimum atomic E-state index is -0.541. The number of nitrogens with two attached hydrogens (primary N) is 1. The SMILES string of the molecule is NC(=O)C(NC1CCCCCC1)c1ncc(Br)cc1Br. The van der Waals surface area contributed by atoms with Crippen LogP contribution >= 0.6 is 31.9 Å². The maximum Gasteiger partial charge on any atom is 0.240 e. The van der Waals surface area contributed by atoms with Crippen LogP contribution in [0.2, 0.25) is 0 Å². The fraction of sp³-hybridized carbons (Fsp3) is 0.571. The Bertz CT molecular complexity index is 473. The van der Waals surface area contributed by atoms with Crippen LogP contribution in [0.4, 0.5) is 0 Å². The van der Waals surface area contributed by atoms with E-state index in [1.807, 2.05) is 6.07 Å². The number of primary amides is 1. The molecule has 1 aromatic heterocycles. The van der Waals surface area contributed by atoms with Crippen molar-refractivity contribution in [3.8, 4) is 0 Å². The second-order valence-corrected chi connectivity index (χ2v) is 6.98. The Hall–Kier alpha value is -0.460. The summed E-state index contributed by atoms with van der Waals surface area (Å²) in [5.41, 5.74) is 6.22. The summed E-state index contributed by atoms with van der Waals surface area (Å²) >= 11 is 6.82. The van der Waals surface area contributed by atoms with Crippen LogP contribution in [-0.2, 0) is 4.79 Å². The third-order valence-electron chi connectivity index (χ3n) is 3.65. The van der Waals surface area contributed by atoms with Gasteiger partial charge in [0.05, 0.1) is 5.69 Å². The van der Waals surface area contributed by atoms with Crippen molar-refractivity contribution in [2.45, 2.75) is 50.6 Å². The van der Waals surface area contributed by atoms with Gasteiger partial charge in [-0.25, -0.2) is 0 Å². The van der Waals surface area contributed by atoms with Crippen LogP contribution in [0.15, 0.2) is 21.2 Å². The molecule has 1 heterocycles. The Labute approximate surface area is 136 Å². The number of carbonyl (C=O) groups is 1. The van der Waals surface area contributed by atoms with Gasteiger partial charge in [-0.2, -0.15) is 0 Å². The molecule has 0 bridgehead atoms. The lowest BCUT2D eigenvalue weighted by Crippen LogP contribution is -2.40. The number of nitrogens with one attached hydrogen (secondary N) is 1. The lowest BCUT2D eigenvalue weighted by molar-refractivity contribution is -0.120. The molecule has 110 valence electrons. The molecule has 1 aliphatic carbocycles. The van der Waals surface area contributed by atoms with Crippen LogP contribution in [0.1, 0.15) is 50.3 Å². The van der Waals surface area contributed by atoms with E-state index in [0.717, 1.165) is 21.8 Å². The molecule has 0 radical (unpaired) electrons. The van der Waals surface area contributed by atoms with E-state index < -0.39 is 6.04 Å². The number of rotatable bonds is 4. The van der Waals surface area contributed by atoms with Crippen molar-refractivity contribution >= 4 is 37.8 Å². The van der Waals surface area contributed by atoms with Crippen molar-refractivity contribution in [1.82, 2.24) is 10.3 Å². The lowest BCUT2D eigenvalue weighted by atomic mass is 10.1. The van der Waals surface area contributed by atoms with Crippen LogP contribution in [0.25, 0.3) is 0 Å². The number of halogens is 2. The molecule has 0 saturated heterocycles. The number of nitrogens with zero attached hydrogens (tertiary/aromatic N) is 1. The van der Waals surface area contributed by atoms with Gasteiger partial charge in [-0.15, -0.1) is 0 Å². The number of hydrogen-bond donors (Lipinski definition) is 2. The van der Waals surface area contributed by atoms with E-state index in [1.165, 1.54) is 25.7 Å². The van der Waals surface area contributed by atoms with E-state index in [9.17, 15) is 4.79 Å². The van der Waals surface area contributed by atoms with E-state index in [1.54, 1.807) is 6.20 Å². The van der Waals surface area contributed by atoms with Crippen molar-refractivity contribution in [3.63, 3.8) is 0 Å². The second kappa shape index (κ2) is 7.52. The monoisotopic (exact) mass is 403 g/mol. The Morgan fingerprint density at radius 1 is 1.30 bits per heavy atom. The second-order valence-electron chi connectivity index (χ2n) is 5.21. The maximum absolute atomic E-state index is 11.8. The Morgan fingerprint density at radius 2 is 1.95 bits per heavy atom. The van der Waals surface area contributed by atoms with Gasteiger partial charge in [0.25, 0.3) is 0 Å². The molecule has 1 amide bonds. The van der Waals surface area contributed by atoms with Crippen LogP contribution in [0, 0.1) is 0 Å². The average Bonchev–Trinajstić information content (AvgIpc) is 2.65. The Kier molecular flexibility index (Phi) is 5.99. The third kappa shape index (κ3) is 4.27. The molecule has 1 fully saturated rings. The summed E-state index contributed by atoms with van der Waals surface area (Å²) < 4.78 is 1.66. The summed E-state index contributed by atoms with van der Waals surface area (Å²) in [5, 5.41) is 3.39. The van der Waals surface area contributed by atoms with E-state index in [2.05, 4.69) is 42.2 Å². The summed E-state index contributed by atoms with van der Waals surface area (Å²) in [6.45, 7) is 0. The van der Waals surface area contributed by atoms with Crippen LogP contribution < -0.4 is 11.1 Å². The number of amides is 1. The van der Waals surface area contributed by atoms with Crippen LogP contribution in [0.3, 0.4) is 0 Å². The maximum atomic E-state index is 11.8. The average molecular weight is 405 g/mol. The summed E-state index contributed by atoms with van der Waals surface area (Å²) in [6, 6.07) is 1.68. The van der Waals surface area contributed by atoms with Gasteiger partial charge in [-0.1, -0.05) is 25.7 Å². The van der Waals surface area contributed by atoms with Crippen molar-refractivity contribution in [2.75, 3.05) is 0 Å². The van der Waals surface area contributed by atoms with Crippen molar-refractivity contribution in [2.24, 2.45) is 5.73 Å². The van der Waals surface area contributed by atoms with Crippen molar-refractivity contribution in [1.29, 1.82) is 0 Å². The van der Waals surface area contributed by atoms with Gasteiger partial charge in [0.2, 0.25) is 5.91 Å². The molecule has 1 saturated carbocycles. The Morgan fingerprint density at radius 3 is 2.50 bits per heavy atom. The highest BCUT2D eigenvalue weighted by atomic mass is 79.9.